The van der Waals surface area contributed by atoms with Gasteiger partial charge in [0.05, 0.1) is 29.9 Å². The van der Waals surface area contributed by atoms with Crippen LogP contribution < -0.4 is 0 Å². The Balaban J connectivity index is 3.43. The largest absolute Gasteiger partial charge is 0.465 e. The van der Waals surface area contributed by atoms with Gasteiger partial charge in [0, 0.05) is 0 Å². The molecule has 158 valence electrons. The highest BCUT2D eigenvalue weighted by atomic mass is 32.2. The molecule has 0 aliphatic heterocycles. The van der Waals surface area contributed by atoms with Crippen molar-refractivity contribution in [2.24, 2.45) is 0 Å². The average Bonchev–Trinajstić information content (AvgIpc) is 2.65. The van der Waals surface area contributed by atoms with Crippen LogP contribution in [0.1, 0.15) is 76.3 Å². The number of esters is 2. The Labute approximate surface area is 167 Å². The lowest BCUT2D eigenvalue weighted by atomic mass is 9.90. The first-order chi connectivity index (χ1) is 13.2. The summed E-state index contributed by atoms with van der Waals surface area (Å²) in [6, 6.07) is 4.13. The number of hydrogen-bond acceptors (Lipinski definition) is 6. The van der Waals surface area contributed by atoms with Gasteiger partial charge in [-0.2, -0.15) is 8.42 Å². The van der Waals surface area contributed by atoms with E-state index in [9.17, 15) is 22.6 Å². The smallest absolute Gasteiger partial charge is 0.313 e. The molecule has 0 heterocycles. The van der Waals surface area contributed by atoms with Crippen LogP contribution in [0.15, 0.2) is 23.1 Å². The molecular weight excluding hydrogens is 384 g/mol. The summed E-state index contributed by atoms with van der Waals surface area (Å²) in [5, 5.41) is 0. The van der Waals surface area contributed by atoms with Gasteiger partial charge in [-0.3, -0.25) is 14.1 Å². The second-order valence-corrected chi connectivity index (χ2v) is 7.99. The maximum Gasteiger partial charge on any atom is 0.313 e. The molecule has 0 saturated carbocycles. The van der Waals surface area contributed by atoms with Crippen LogP contribution in [0.5, 0.6) is 0 Å². The standard InChI is InChI=1S/C20H30O7S/c1-5-9-26-19(21)17(7-3)14-11-15(13-16(12-14)28(23,24)25)18(8-4)20(22)27-10-6-2/h11-13,17-18H,5-10H2,1-4H3,(H,23,24,25). The van der Waals surface area contributed by atoms with Crippen molar-refractivity contribution in [2.45, 2.75) is 70.1 Å². The van der Waals surface area contributed by atoms with E-state index < -0.39 is 33.9 Å². The number of rotatable bonds is 11. The Morgan fingerprint density at radius 3 is 1.54 bits per heavy atom. The Morgan fingerprint density at radius 2 is 1.25 bits per heavy atom. The van der Waals surface area contributed by atoms with Gasteiger partial charge in [-0.05, 0) is 48.9 Å². The Hall–Kier alpha value is -1.93. The fraction of sp³-hybridized carbons (Fsp3) is 0.600. The molecule has 0 saturated heterocycles. The van der Waals surface area contributed by atoms with Crippen LogP contribution in [-0.4, -0.2) is 38.1 Å². The number of carbonyl (C=O) groups excluding carboxylic acids is 2. The second kappa shape index (κ2) is 11.2. The van der Waals surface area contributed by atoms with E-state index in [0.29, 0.717) is 36.8 Å². The summed E-state index contributed by atoms with van der Waals surface area (Å²) in [6.07, 6.45) is 2.10. The number of hydrogen-bond donors (Lipinski definition) is 1. The zero-order chi connectivity index (χ0) is 21.3. The summed E-state index contributed by atoms with van der Waals surface area (Å²) in [4.78, 5) is 24.4. The van der Waals surface area contributed by atoms with Crippen LogP contribution in [0.3, 0.4) is 0 Å². The van der Waals surface area contributed by atoms with Crippen molar-refractivity contribution in [3.63, 3.8) is 0 Å². The molecule has 28 heavy (non-hydrogen) atoms. The molecule has 1 N–H and O–H groups in total. The minimum Gasteiger partial charge on any atom is -0.465 e. The van der Waals surface area contributed by atoms with Gasteiger partial charge < -0.3 is 9.47 Å². The molecule has 0 amide bonds. The van der Waals surface area contributed by atoms with Crippen molar-refractivity contribution in [3.05, 3.63) is 29.3 Å². The molecule has 0 radical (unpaired) electrons. The van der Waals surface area contributed by atoms with Gasteiger partial charge >= 0.3 is 11.9 Å². The molecule has 1 aromatic rings. The van der Waals surface area contributed by atoms with Gasteiger partial charge in [0.25, 0.3) is 10.1 Å². The zero-order valence-electron chi connectivity index (χ0n) is 16.9. The van der Waals surface area contributed by atoms with Crippen molar-refractivity contribution < 1.29 is 32.0 Å². The number of benzene rings is 1. The first-order valence-corrected chi connectivity index (χ1v) is 11.1. The predicted octanol–water partition coefficient (Wildman–Crippen LogP) is 3.83. The molecular formula is C20H30O7S. The maximum absolute atomic E-state index is 12.4. The van der Waals surface area contributed by atoms with Crippen molar-refractivity contribution in [2.75, 3.05) is 13.2 Å². The third-order valence-electron chi connectivity index (χ3n) is 4.34. The van der Waals surface area contributed by atoms with Gasteiger partial charge in [-0.15, -0.1) is 0 Å². The summed E-state index contributed by atoms with van der Waals surface area (Å²) in [7, 11) is -4.52. The fourth-order valence-electron chi connectivity index (χ4n) is 2.88. The SMILES string of the molecule is CCCOC(=O)C(CC)c1cc(C(CC)C(=O)OCCC)cc(S(=O)(=O)O)c1. The average molecular weight is 415 g/mol. The number of ether oxygens (including phenoxy) is 2. The van der Waals surface area contributed by atoms with E-state index in [0.717, 1.165) is 0 Å². The van der Waals surface area contributed by atoms with E-state index in [1.165, 1.54) is 12.1 Å². The zero-order valence-corrected chi connectivity index (χ0v) is 17.8. The van der Waals surface area contributed by atoms with Crippen LogP contribution in [0, 0.1) is 0 Å². The van der Waals surface area contributed by atoms with Gasteiger partial charge in [0.2, 0.25) is 0 Å². The van der Waals surface area contributed by atoms with Crippen molar-refractivity contribution >= 4 is 22.1 Å². The van der Waals surface area contributed by atoms with Crippen LogP contribution in [0.25, 0.3) is 0 Å². The number of carbonyl (C=O) groups is 2. The quantitative estimate of drug-likeness (QED) is 0.433. The van der Waals surface area contributed by atoms with Gasteiger partial charge in [0.1, 0.15) is 0 Å². The fourth-order valence-corrected chi connectivity index (χ4v) is 3.45. The molecule has 1 rings (SSSR count). The van der Waals surface area contributed by atoms with Gasteiger partial charge in [-0.1, -0.05) is 33.8 Å². The Morgan fingerprint density at radius 1 is 0.857 bits per heavy atom. The van der Waals surface area contributed by atoms with E-state index in [1.54, 1.807) is 19.9 Å². The highest BCUT2D eigenvalue weighted by Gasteiger charge is 2.27. The topological polar surface area (TPSA) is 107 Å². The van der Waals surface area contributed by atoms with Crippen LogP contribution in [0.4, 0.5) is 0 Å². The monoisotopic (exact) mass is 414 g/mol. The first-order valence-electron chi connectivity index (χ1n) is 9.65. The molecule has 0 aliphatic rings. The van der Waals surface area contributed by atoms with Crippen LogP contribution in [-0.2, 0) is 29.2 Å². The molecule has 8 heteroatoms. The molecule has 0 aromatic heterocycles. The summed E-state index contributed by atoms with van der Waals surface area (Å²) < 4.78 is 43.5. The summed E-state index contributed by atoms with van der Waals surface area (Å²) >= 11 is 0. The van der Waals surface area contributed by atoms with Crippen molar-refractivity contribution in [1.29, 1.82) is 0 Å². The lowest BCUT2D eigenvalue weighted by molar-refractivity contribution is -0.146. The lowest BCUT2D eigenvalue weighted by Crippen LogP contribution is -2.19. The van der Waals surface area contributed by atoms with E-state index in [4.69, 9.17) is 9.47 Å². The van der Waals surface area contributed by atoms with Gasteiger partial charge in [0.15, 0.2) is 0 Å². The van der Waals surface area contributed by atoms with E-state index in [1.807, 2.05) is 13.8 Å². The summed E-state index contributed by atoms with van der Waals surface area (Å²) in [6.45, 7) is 7.84. The van der Waals surface area contributed by atoms with E-state index >= 15 is 0 Å². The minimum absolute atomic E-state index is 0.265. The molecule has 0 bridgehead atoms. The second-order valence-electron chi connectivity index (χ2n) is 6.57. The molecule has 0 aliphatic carbocycles. The van der Waals surface area contributed by atoms with Crippen molar-refractivity contribution in [1.82, 2.24) is 0 Å². The van der Waals surface area contributed by atoms with E-state index in [2.05, 4.69) is 0 Å². The first kappa shape index (κ1) is 24.1. The van der Waals surface area contributed by atoms with Crippen LogP contribution >= 0.6 is 0 Å². The third kappa shape index (κ3) is 6.60. The highest BCUT2D eigenvalue weighted by Crippen LogP contribution is 2.30. The Kier molecular flexibility index (Phi) is 9.61. The molecule has 0 fully saturated rings. The maximum atomic E-state index is 12.4. The van der Waals surface area contributed by atoms with Crippen molar-refractivity contribution in [3.8, 4) is 0 Å². The normalized spacial score (nSPS) is 13.6. The van der Waals surface area contributed by atoms with E-state index in [-0.39, 0.29) is 18.1 Å². The van der Waals surface area contributed by atoms with Gasteiger partial charge in [-0.25, -0.2) is 0 Å². The van der Waals surface area contributed by atoms with Crippen LogP contribution in [0.2, 0.25) is 0 Å². The minimum atomic E-state index is -4.52. The molecule has 7 nitrogen and oxygen atoms in total. The predicted molar refractivity (Wildman–Crippen MR) is 105 cm³/mol. The lowest BCUT2D eigenvalue weighted by Gasteiger charge is -2.20. The summed E-state index contributed by atoms with van der Waals surface area (Å²) in [5.74, 6) is -2.33. The molecule has 1 aromatic carbocycles. The molecule has 2 atom stereocenters. The molecule has 0 spiro atoms. The molecule has 2 unspecified atom stereocenters. The third-order valence-corrected chi connectivity index (χ3v) is 5.17. The highest BCUT2D eigenvalue weighted by molar-refractivity contribution is 7.85. The summed E-state index contributed by atoms with van der Waals surface area (Å²) in [5.41, 5.74) is 0.769. The Bertz CT molecular complexity index is 725.